The topological polar surface area (TPSA) is 50.4 Å². The normalized spacial score (nSPS) is 25.5. The molecule has 1 aliphatic rings. The Balaban J connectivity index is 2.21. The molecular weight excluding hydrogens is 192 g/mol. The standard InChI is InChI=1S/C11H22N2O2/c1-3-10-9(5-6-12-10)11(14)13-7-8-15-4-2/h9-10,12H,3-8H2,1-2H3,(H,13,14). The summed E-state index contributed by atoms with van der Waals surface area (Å²) in [6.45, 7) is 6.97. The van der Waals surface area contributed by atoms with Gasteiger partial charge in [-0.05, 0) is 26.3 Å². The van der Waals surface area contributed by atoms with Crippen molar-refractivity contribution in [3.8, 4) is 0 Å². The summed E-state index contributed by atoms with van der Waals surface area (Å²) in [7, 11) is 0. The van der Waals surface area contributed by atoms with E-state index in [-0.39, 0.29) is 11.8 Å². The van der Waals surface area contributed by atoms with E-state index in [1.807, 2.05) is 6.92 Å². The Kier molecular flexibility index (Phi) is 5.65. The molecule has 0 aliphatic carbocycles. The molecule has 15 heavy (non-hydrogen) atoms. The van der Waals surface area contributed by atoms with E-state index >= 15 is 0 Å². The van der Waals surface area contributed by atoms with E-state index in [4.69, 9.17) is 4.74 Å². The van der Waals surface area contributed by atoms with Crippen molar-refractivity contribution in [1.82, 2.24) is 10.6 Å². The summed E-state index contributed by atoms with van der Waals surface area (Å²) in [5, 5.41) is 6.27. The summed E-state index contributed by atoms with van der Waals surface area (Å²) < 4.78 is 5.17. The van der Waals surface area contributed by atoms with Crippen LogP contribution in [0, 0.1) is 5.92 Å². The third-order valence-corrected chi connectivity index (χ3v) is 2.87. The summed E-state index contributed by atoms with van der Waals surface area (Å²) in [4.78, 5) is 11.8. The summed E-state index contributed by atoms with van der Waals surface area (Å²) in [6, 6.07) is 0.358. The van der Waals surface area contributed by atoms with Crippen molar-refractivity contribution in [2.24, 2.45) is 5.92 Å². The molecule has 0 radical (unpaired) electrons. The zero-order valence-corrected chi connectivity index (χ0v) is 9.71. The Morgan fingerprint density at radius 1 is 1.53 bits per heavy atom. The summed E-state index contributed by atoms with van der Waals surface area (Å²) in [5.41, 5.74) is 0. The van der Waals surface area contributed by atoms with Crippen LogP contribution in [0.4, 0.5) is 0 Å². The second kappa shape index (κ2) is 6.80. The van der Waals surface area contributed by atoms with Crippen molar-refractivity contribution >= 4 is 5.91 Å². The van der Waals surface area contributed by atoms with Gasteiger partial charge in [0.05, 0.1) is 12.5 Å². The van der Waals surface area contributed by atoms with Gasteiger partial charge in [0, 0.05) is 19.2 Å². The van der Waals surface area contributed by atoms with Crippen LogP contribution >= 0.6 is 0 Å². The van der Waals surface area contributed by atoms with Gasteiger partial charge in [-0.2, -0.15) is 0 Å². The lowest BCUT2D eigenvalue weighted by Crippen LogP contribution is -2.39. The van der Waals surface area contributed by atoms with Crippen molar-refractivity contribution in [1.29, 1.82) is 0 Å². The van der Waals surface area contributed by atoms with Crippen LogP contribution in [0.1, 0.15) is 26.7 Å². The second-order valence-electron chi connectivity index (χ2n) is 3.85. The van der Waals surface area contributed by atoms with Gasteiger partial charge in [0.15, 0.2) is 0 Å². The number of carbonyl (C=O) groups is 1. The monoisotopic (exact) mass is 214 g/mol. The zero-order valence-electron chi connectivity index (χ0n) is 9.71. The molecule has 2 N–H and O–H groups in total. The predicted molar refractivity (Wildman–Crippen MR) is 59.7 cm³/mol. The molecule has 1 aliphatic heterocycles. The van der Waals surface area contributed by atoms with Crippen LogP contribution in [0.5, 0.6) is 0 Å². The molecule has 0 aromatic heterocycles. The Labute approximate surface area is 91.8 Å². The summed E-state index contributed by atoms with van der Waals surface area (Å²) in [5.74, 6) is 0.322. The average molecular weight is 214 g/mol. The van der Waals surface area contributed by atoms with Crippen LogP contribution in [0.2, 0.25) is 0 Å². The largest absolute Gasteiger partial charge is 0.380 e. The van der Waals surface area contributed by atoms with Gasteiger partial charge in [0.1, 0.15) is 0 Å². The minimum absolute atomic E-state index is 0.150. The maximum absolute atomic E-state index is 11.8. The molecule has 1 heterocycles. The van der Waals surface area contributed by atoms with Gasteiger partial charge in [0.25, 0.3) is 0 Å². The summed E-state index contributed by atoms with van der Waals surface area (Å²) >= 11 is 0. The number of hydrogen-bond acceptors (Lipinski definition) is 3. The molecule has 4 nitrogen and oxygen atoms in total. The Morgan fingerprint density at radius 2 is 2.33 bits per heavy atom. The van der Waals surface area contributed by atoms with E-state index in [0.717, 1.165) is 19.4 Å². The molecule has 2 atom stereocenters. The molecule has 0 bridgehead atoms. The first-order valence-electron chi connectivity index (χ1n) is 5.88. The van der Waals surface area contributed by atoms with E-state index in [9.17, 15) is 4.79 Å². The molecule has 1 amide bonds. The minimum Gasteiger partial charge on any atom is -0.380 e. The van der Waals surface area contributed by atoms with E-state index in [1.165, 1.54) is 0 Å². The molecule has 0 aromatic carbocycles. The maximum atomic E-state index is 11.8. The fraction of sp³-hybridized carbons (Fsp3) is 0.909. The lowest BCUT2D eigenvalue weighted by Gasteiger charge is -2.17. The van der Waals surface area contributed by atoms with Crippen LogP contribution in [-0.4, -0.2) is 38.3 Å². The summed E-state index contributed by atoms with van der Waals surface area (Å²) in [6.07, 6.45) is 1.97. The Morgan fingerprint density at radius 3 is 3.00 bits per heavy atom. The highest BCUT2D eigenvalue weighted by Gasteiger charge is 2.30. The minimum atomic E-state index is 0.150. The second-order valence-corrected chi connectivity index (χ2v) is 3.85. The zero-order chi connectivity index (χ0) is 11.1. The van der Waals surface area contributed by atoms with Gasteiger partial charge >= 0.3 is 0 Å². The lowest BCUT2D eigenvalue weighted by atomic mass is 9.98. The fourth-order valence-electron chi connectivity index (χ4n) is 2.03. The number of ether oxygens (including phenoxy) is 1. The van der Waals surface area contributed by atoms with Crippen LogP contribution in [0.3, 0.4) is 0 Å². The van der Waals surface area contributed by atoms with Gasteiger partial charge in [-0.3, -0.25) is 4.79 Å². The quantitative estimate of drug-likeness (QED) is 0.634. The van der Waals surface area contributed by atoms with Crippen LogP contribution in [-0.2, 0) is 9.53 Å². The van der Waals surface area contributed by atoms with E-state index < -0.39 is 0 Å². The van der Waals surface area contributed by atoms with Gasteiger partial charge in [0.2, 0.25) is 5.91 Å². The van der Waals surface area contributed by atoms with E-state index in [2.05, 4.69) is 17.6 Å². The number of nitrogens with one attached hydrogen (secondary N) is 2. The van der Waals surface area contributed by atoms with Crippen molar-refractivity contribution in [3.63, 3.8) is 0 Å². The first kappa shape index (κ1) is 12.5. The number of carbonyl (C=O) groups excluding carboxylic acids is 1. The van der Waals surface area contributed by atoms with Gasteiger partial charge < -0.3 is 15.4 Å². The highest BCUT2D eigenvalue weighted by Crippen LogP contribution is 2.17. The predicted octanol–water partition coefficient (Wildman–Crippen LogP) is 0.527. The van der Waals surface area contributed by atoms with E-state index in [1.54, 1.807) is 0 Å². The molecule has 88 valence electrons. The molecule has 2 unspecified atom stereocenters. The third-order valence-electron chi connectivity index (χ3n) is 2.87. The van der Waals surface area contributed by atoms with Gasteiger partial charge in [-0.15, -0.1) is 0 Å². The molecule has 0 aromatic rings. The molecule has 0 saturated carbocycles. The number of rotatable bonds is 6. The fourth-order valence-corrected chi connectivity index (χ4v) is 2.03. The van der Waals surface area contributed by atoms with Crippen molar-refractivity contribution in [2.45, 2.75) is 32.7 Å². The Bertz CT molecular complexity index is 197. The Hall–Kier alpha value is -0.610. The average Bonchev–Trinajstić information content (AvgIpc) is 2.72. The van der Waals surface area contributed by atoms with E-state index in [0.29, 0.717) is 25.8 Å². The first-order chi connectivity index (χ1) is 7.29. The number of hydrogen-bond donors (Lipinski definition) is 2. The highest BCUT2D eigenvalue weighted by molar-refractivity contribution is 5.79. The van der Waals surface area contributed by atoms with Crippen molar-refractivity contribution in [3.05, 3.63) is 0 Å². The SMILES string of the molecule is CCOCCNC(=O)C1CCNC1CC. The van der Waals surface area contributed by atoms with Crippen LogP contribution in [0.15, 0.2) is 0 Å². The van der Waals surface area contributed by atoms with Crippen LogP contribution in [0.25, 0.3) is 0 Å². The first-order valence-corrected chi connectivity index (χ1v) is 5.88. The van der Waals surface area contributed by atoms with Crippen molar-refractivity contribution < 1.29 is 9.53 Å². The van der Waals surface area contributed by atoms with Gasteiger partial charge in [-0.25, -0.2) is 0 Å². The maximum Gasteiger partial charge on any atom is 0.224 e. The molecule has 1 rings (SSSR count). The molecule has 1 saturated heterocycles. The smallest absolute Gasteiger partial charge is 0.224 e. The van der Waals surface area contributed by atoms with Crippen molar-refractivity contribution in [2.75, 3.05) is 26.3 Å². The lowest BCUT2D eigenvalue weighted by molar-refractivity contribution is -0.125. The number of amides is 1. The third kappa shape index (κ3) is 3.80. The highest BCUT2D eigenvalue weighted by atomic mass is 16.5. The molecule has 4 heteroatoms. The molecule has 0 spiro atoms. The van der Waals surface area contributed by atoms with Gasteiger partial charge in [-0.1, -0.05) is 6.92 Å². The molecular formula is C11H22N2O2. The van der Waals surface area contributed by atoms with Crippen LogP contribution < -0.4 is 10.6 Å². The molecule has 1 fully saturated rings.